The standard InChI is InChI=1S/C25H24Cl2N6O2.2ClH/c1-14(34)18-12-28-22-4-3-21(15-9-19(26)25(35)20(27)10-15)31-24(22)23(18)30-16-11-29-33(13-16)17-5-7-32(2)8-6-17;;/h3-4,9-13,17,35H,5-8H2,1-2H3,(H,28,30);2*1H. The SMILES string of the molecule is CC(=O)c1cnc2ccc(-c3cc(Cl)c(O)c(Cl)c3)nc2c1Nc1cnn(C2CCN(C)CC2)c1.Cl.Cl. The fourth-order valence-corrected chi connectivity index (χ4v) is 4.83. The number of phenols is 1. The molecule has 37 heavy (non-hydrogen) atoms. The van der Waals surface area contributed by atoms with Crippen molar-refractivity contribution in [1.29, 1.82) is 0 Å². The molecule has 0 unspecified atom stereocenters. The van der Waals surface area contributed by atoms with Gasteiger partial charge in [-0.05, 0) is 64.2 Å². The Morgan fingerprint density at radius 2 is 1.78 bits per heavy atom. The minimum atomic E-state index is -0.178. The molecule has 12 heteroatoms. The molecule has 0 atom stereocenters. The zero-order valence-corrected chi connectivity index (χ0v) is 23.3. The lowest BCUT2D eigenvalue weighted by atomic mass is 10.1. The van der Waals surface area contributed by atoms with Crippen molar-refractivity contribution in [1.82, 2.24) is 24.6 Å². The van der Waals surface area contributed by atoms with E-state index in [-0.39, 0.29) is 46.4 Å². The summed E-state index contributed by atoms with van der Waals surface area (Å²) in [5.74, 6) is -0.310. The van der Waals surface area contributed by atoms with Crippen LogP contribution in [0.2, 0.25) is 10.0 Å². The van der Waals surface area contributed by atoms with Gasteiger partial charge in [0.15, 0.2) is 11.5 Å². The number of halogens is 4. The number of hydrogen-bond donors (Lipinski definition) is 2. The van der Waals surface area contributed by atoms with Crippen LogP contribution in [0.5, 0.6) is 5.75 Å². The molecule has 4 heterocycles. The molecular weight excluding hydrogens is 558 g/mol. The summed E-state index contributed by atoms with van der Waals surface area (Å²) >= 11 is 12.2. The predicted octanol–water partition coefficient (Wildman–Crippen LogP) is 6.56. The second-order valence-corrected chi connectivity index (χ2v) is 9.64. The largest absolute Gasteiger partial charge is 0.505 e. The van der Waals surface area contributed by atoms with Crippen LogP contribution in [0, 0.1) is 0 Å². The third-order valence-electron chi connectivity index (χ3n) is 6.34. The maximum atomic E-state index is 12.5. The maximum absolute atomic E-state index is 12.5. The van der Waals surface area contributed by atoms with Crippen LogP contribution in [0.25, 0.3) is 22.3 Å². The van der Waals surface area contributed by atoms with Gasteiger partial charge in [-0.2, -0.15) is 5.10 Å². The Morgan fingerprint density at radius 1 is 1.11 bits per heavy atom. The van der Waals surface area contributed by atoms with Crippen LogP contribution < -0.4 is 5.32 Å². The van der Waals surface area contributed by atoms with Crippen LogP contribution in [-0.2, 0) is 0 Å². The van der Waals surface area contributed by atoms with Crippen molar-refractivity contribution in [2.45, 2.75) is 25.8 Å². The molecule has 0 amide bonds. The Labute approximate surface area is 236 Å². The van der Waals surface area contributed by atoms with Crippen LogP contribution in [0.3, 0.4) is 0 Å². The van der Waals surface area contributed by atoms with Gasteiger partial charge in [0.05, 0.1) is 50.4 Å². The van der Waals surface area contributed by atoms with Crippen LogP contribution >= 0.6 is 48.0 Å². The first-order chi connectivity index (χ1) is 16.8. The lowest BCUT2D eigenvalue weighted by Gasteiger charge is -2.28. The number of carbonyl (C=O) groups excluding carboxylic acids is 1. The van der Waals surface area contributed by atoms with Crippen molar-refractivity contribution in [3.8, 4) is 17.0 Å². The fourth-order valence-electron chi connectivity index (χ4n) is 4.34. The number of fused-ring (bicyclic) bond motifs is 1. The van der Waals surface area contributed by atoms with E-state index in [1.807, 2.05) is 16.9 Å². The second kappa shape index (κ2) is 11.8. The highest BCUT2D eigenvalue weighted by atomic mass is 35.5. The van der Waals surface area contributed by atoms with Gasteiger partial charge < -0.3 is 15.3 Å². The van der Waals surface area contributed by atoms with Gasteiger partial charge >= 0.3 is 0 Å². The minimum Gasteiger partial charge on any atom is -0.505 e. The van der Waals surface area contributed by atoms with Gasteiger partial charge in [0, 0.05) is 18.0 Å². The summed E-state index contributed by atoms with van der Waals surface area (Å²) in [4.78, 5) is 24.0. The van der Waals surface area contributed by atoms with Crippen molar-refractivity contribution in [3.63, 3.8) is 0 Å². The summed E-state index contributed by atoms with van der Waals surface area (Å²) in [7, 11) is 2.13. The molecule has 0 aliphatic carbocycles. The number of pyridine rings is 2. The fraction of sp³-hybridized carbons (Fsp3) is 0.280. The Morgan fingerprint density at radius 3 is 2.43 bits per heavy atom. The molecule has 2 N–H and O–H groups in total. The number of aromatic nitrogens is 4. The third kappa shape index (κ3) is 5.94. The number of rotatable bonds is 5. The number of benzene rings is 1. The maximum Gasteiger partial charge on any atom is 0.163 e. The number of nitrogens with zero attached hydrogens (tertiary/aromatic N) is 5. The molecule has 3 aromatic heterocycles. The van der Waals surface area contributed by atoms with E-state index in [2.05, 4.69) is 27.3 Å². The van der Waals surface area contributed by atoms with Crippen molar-refractivity contribution in [2.75, 3.05) is 25.5 Å². The quantitative estimate of drug-likeness (QED) is 0.257. The molecule has 0 radical (unpaired) electrons. The number of ketones is 1. The highest BCUT2D eigenvalue weighted by molar-refractivity contribution is 6.37. The molecule has 5 rings (SSSR count). The van der Waals surface area contributed by atoms with E-state index in [4.69, 9.17) is 28.2 Å². The number of nitrogens with one attached hydrogen (secondary N) is 1. The van der Waals surface area contributed by atoms with E-state index in [0.717, 1.165) is 31.6 Å². The number of piperidine rings is 1. The average molecular weight is 584 g/mol. The molecule has 4 aromatic rings. The van der Waals surface area contributed by atoms with Crippen molar-refractivity contribution < 1.29 is 9.90 Å². The third-order valence-corrected chi connectivity index (χ3v) is 6.91. The summed E-state index contributed by atoms with van der Waals surface area (Å²) in [5.41, 5.74) is 4.12. The average Bonchev–Trinajstić information content (AvgIpc) is 3.31. The van der Waals surface area contributed by atoms with Crippen LogP contribution in [0.4, 0.5) is 11.4 Å². The van der Waals surface area contributed by atoms with Crippen LogP contribution in [0.1, 0.15) is 36.2 Å². The molecule has 1 fully saturated rings. The first-order valence-corrected chi connectivity index (χ1v) is 12.0. The van der Waals surface area contributed by atoms with Gasteiger partial charge in [0.2, 0.25) is 0 Å². The smallest absolute Gasteiger partial charge is 0.163 e. The zero-order chi connectivity index (χ0) is 24.7. The highest BCUT2D eigenvalue weighted by Gasteiger charge is 2.20. The van der Waals surface area contributed by atoms with Crippen molar-refractivity contribution >= 4 is 76.2 Å². The molecule has 1 aromatic carbocycles. The van der Waals surface area contributed by atoms with Crippen molar-refractivity contribution in [3.05, 3.63) is 58.5 Å². The summed E-state index contributed by atoms with van der Waals surface area (Å²) in [6, 6.07) is 7.15. The first-order valence-electron chi connectivity index (χ1n) is 11.3. The second-order valence-electron chi connectivity index (χ2n) is 8.82. The molecule has 0 bridgehead atoms. The number of carbonyl (C=O) groups is 1. The van der Waals surface area contributed by atoms with E-state index in [0.29, 0.717) is 39.6 Å². The summed E-state index contributed by atoms with van der Waals surface area (Å²) in [6.45, 7) is 3.57. The van der Waals surface area contributed by atoms with Crippen LogP contribution in [-0.4, -0.2) is 55.7 Å². The van der Waals surface area contributed by atoms with E-state index < -0.39 is 0 Å². The Hall–Kier alpha value is -2.62. The summed E-state index contributed by atoms with van der Waals surface area (Å²) in [6.07, 6.45) is 7.37. The molecule has 0 spiro atoms. The number of hydrogen-bond acceptors (Lipinski definition) is 7. The van der Waals surface area contributed by atoms with E-state index in [9.17, 15) is 9.90 Å². The number of anilines is 2. The number of aromatic hydroxyl groups is 1. The van der Waals surface area contributed by atoms with E-state index in [1.54, 1.807) is 30.6 Å². The van der Waals surface area contributed by atoms with Gasteiger partial charge in [-0.1, -0.05) is 23.2 Å². The molecule has 1 saturated heterocycles. The van der Waals surface area contributed by atoms with Gasteiger partial charge in [-0.3, -0.25) is 14.5 Å². The number of Topliss-reactive ketones (excluding diaryl/α,β-unsaturated/α-hetero) is 1. The van der Waals surface area contributed by atoms with Gasteiger partial charge in [0.25, 0.3) is 0 Å². The van der Waals surface area contributed by atoms with E-state index >= 15 is 0 Å². The topological polar surface area (TPSA) is 96.2 Å². The molecule has 0 saturated carbocycles. The number of phenolic OH excluding ortho intramolecular Hbond substituents is 1. The molecule has 1 aliphatic heterocycles. The molecular formula is C25H26Cl4N6O2. The number of likely N-dealkylation sites (tertiary alicyclic amines) is 1. The monoisotopic (exact) mass is 582 g/mol. The summed E-state index contributed by atoms with van der Waals surface area (Å²) < 4.78 is 1.99. The highest BCUT2D eigenvalue weighted by Crippen LogP contribution is 2.37. The van der Waals surface area contributed by atoms with E-state index in [1.165, 1.54) is 6.92 Å². The Kier molecular flexibility index (Phi) is 9.26. The minimum absolute atomic E-state index is 0. The Bertz CT molecular complexity index is 1410. The molecule has 196 valence electrons. The predicted molar refractivity (Wildman–Crippen MR) is 152 cm³/mol. The zero-order valence-electron chi connectivity index (χ0n) is 20.1. The lowest BCUT2D eigenvalue weighted by Crippen LogP contribution is -2.31. The van der Waals surface area contributed by atoms with Gasteiger partial charge in [0.1, 0.15) is 5.52 Å². The Balaban J connectivity index is 0.00000190. The molecule has 1 aliphatic rings. The van der Waals surface area contributed by atoms with Gasteiger partial charge in [-0.25, -0.2) is 4.98 Å². The van der Waals surface area contributed by atoms with Crippen LogP contribution in [0.15, 0.2) is 42.9 Å². The van der Waals surface area contributed by atoms with Gasteiger partial charge in [-0.15, -0.1) is 24.8 Å². The van der Waals surface area contributed by atoms with Crippen molar-refractivity contribution in [2.24, 2.45) is 0 Å². The molecule has 8 nitrogen and oxygen atoms in total. The normalized spacial score (nSPS) is 14.2. The summed E-state index contributed by atoms with van der Waals surface area (Å²) in [5, 5.41) is 18.1. The lowest BCUT2D eigenvalue weighted by molar-refractivity contribution is 0.101. The first kappa shape index (κ1) is 28.9.